The molecule has 0 aromatic heterocycles. The van der Waals surface area contributed by atoms with Crippen LogP contribution in [0.25, 0.3) is 6.08 Å². The van der Waals surface area contributed by atoms with Crippen LogP contribution in [0.2, 0.25) is 0 Å². The van der Waals surface area contributed by atoms with Crippen molar-refractivity contribution in [3.8, 4) is 0 Å². The molecule has 0 bridgehead atoms. The van der Waals surface area contributed by atoms with Gasteiger partial charge >= 0.3 is 5.97 Å². The summed E-state index contributed by atoms with van der Waals surface area (Å²) in [5.74, 6) is -0.922. The molecule has 0 heterocycles. The van der Waals surface area contributed by atoms with Crippen LogP contribution in [0.5, 0.6) is 0 Å². The summed E-state index contributed by atoms with van der Waals surface area (Å²) in [4.78, 5) is 10.1. The molecule has 0 aliphatic carbocycles. The maximum Gasteiger partial charge on any atom is 0.328 e. The number of carbonyl (C=O) groups is 1. The maximum atomic E-state index is 10.1. The Kier molecular flexibility index (Phi) is 5.41. The van der Waals surface area contributed by atoms with Gasteiger partial charge in [0.05, 0.1) is 0 Å². The smallest absolute Gasteiger partial charge is 0.328 e. The standard InChI is InChI=1S/C9H8O2.Mg/c10-9(11)7-6-8-4-2-1-3-5-8;/h1-7H,(H,10,11);. The summed E-state index contributed by atoms with van der Waals surface area (Å²) >= 11 is 0. The molecule has 58 valence electrons. The largest absolute Gasteiger partial charge is 0.478 e. The molecule has 1 aromatic rings. The molecule has 0 fully saturated rings. The first-order valence-electron chi connectivity index (χ1n) is 3.25. The summed E-state index contributed by atoms with van der Waals surface area (Å²) in [6, 6.07) is 9.31. The van der Waals surface area contributed by atoms with E-state index in [1.54, 1.807) is 6.08 Å². The molecule has 0 atom stereocenters. The van der Waals surface area contributed by atoms with E-state index < -0.39 is 5.97 Å². The van der Waals surface area contributed by atoms with Gasteiger partial charge in [-0.2, -0.15) is 0 Å². The van der Waals surface area contributed by atoms with E-state index in [9.17, 15) is 4.79 Å². The third-order valence-electron chi connectivity index (χ3n) is 1.22. The molecule has 0 saturated carbocycles. The van der Waals surface area contributed by atoms with E-state index in [4.69, 9.17) is 5.11 Å². The van der Waals surface area contributed by atoms with Crippen molar-refractivity contribution in [1.82, 2.24) is 0 Å². The third kappa shape index (κ3) is 4.15. The summed E-state index contributed by atoms with van der Waals surface area (Å²) in [6.45, 7) is 0. The lowest BCUT2D eigenvalue weighted by molar-refractivity contribution is -0.131. The average molecular weight is 172 g/mol. The number of hydrogen-bond donors (Lipinski definition) is 1. The molecule has 0 aliphatic rings. The predicted octanol–water partition coefficient (Wildman–Crippen LogP) is 1.40. The van der Waals surface area contributed by atoms with Gasteiger partial charge in [0.15, 0.2) is 0 Å². The van der Waals surface area contributed by atoms with Gasteiger partial charge in [-0.1, -0.05) is 30.3 Å². The molecule has 2 radical (unpaired) electrons. The minimum absolute atomic E-state index is 0. The summed E-state index contributed by atoms with van der Waals surface area (Å²) in [6.07, 6.45) is 2.68. The maximum absolute atomic E-state index is 10.1. The fourth-order valence-corrected chi connectivity index (χ4v) is 0.732. The van der Waals surface area contributed by atoms with Crippen LogP contribution in [0.15, 0.2) is 36.4 Å². The monoisotopic (exact) mass is 172 g/mol. The van der Waals surface area contributed by atoms with Crippen molar-refractivity contribution >= 4 is 35.1 Å². The molecular weight excluding hydrogens is 164 g/mol. The van der Waals surface area contributed by atoms with Crippen LogP contribution in [-0.2, 0) is 4.79 Å². The Balaban J connectivity index is 0.00000121. The number of hydrogen-bond acceptors (Lipinski definition) is 1. The van der Waals surface area contributed by atoms with Gasteiger partial charge in [0, 0.05) is 29.1 Å². The first-order chi connectivity index (χ1) is 5.29. The Hall–Kier alpha value is -0.804. The summed E-state index contributed by atoms with van der Waals surface area (Å²) < 4.78 is 0. The molecule has 12 heavy (non-hydrogen) atoms. The Morgan fingerprint density at radius 2 is 1.83 bits per heavy atom. The van der Waals surface area contributed by atoms with Crippen molar-refractivity contribution in [3.05, 3.63) is 42.0 Å². The zero-order valence-corrected chi connectivity index (χ0v) is 8.02. The van der Waals surface area contributed by atoms with Gasteiger partial charge in [-0.15, -0.1) is 0 Å². The molecule has 1 N–H and O–H groups in total. The van der Waals surface area contributed by atoms with E-state index in [0.717, 1.165) is 11.6 Å². The van der Waals surface area contributed by atoms with Crippen molar-refractivity contribution < 1.29 is 9.90 Å². The second-order valence-corrected chi connectivity index (χ2v) is 2.08. The van der Waals surface area contributed by atoms with Crippen LogP contribution in [0, 0.1) is 0 Å². The van der Waals surface area contributed by atoms with E-state index in [1.807, 2.05) is 30.3 Å². The molecular formula is C9H8MgO2. The molecule has 0 aliphatic heterocycles. The molecule has 0 amide bonds. The van der Waals surface area contributed by atoms with E-state index in [2.05, 4.69) is 0 Å². The fourth-order valence-electron chi connectivity index (χ4n) is 0.732. The number of carboxylic acid groups (broad SMARTS) is 1. The number of rotatable bonds is 2. The summed E-state index contributed by atoms with van der Waals surface area (Å²) in [5, 5.41) is 8.29. The van der Waals surface area contributed by atoms with Crippen molar-refractivity contribution in [2.75, 3.05) is 0 Å². The molecule has 0 saturated heterocycles. The zero-order valence-electron chi connectivity index (χ0n) is 6.60. The highest BCUT2D eigenvalue weighted by Crippen LogP contribution is 1.99. The van der Waals surface area contributed by atoms with Crippen molar-refractivity contribution in [2.45, 2.75) is 0 Å². The highest BCUT2D eigenvalue weighted by molar-refractivity contribution is 5.85. The molecule has 2 nitrogen and oxygen atoms in total. The van der Waals surface area contributed by atoms with Crippen LogP contribution in [-0.4, -0.2) is 34.1 Å². The fraction of sp³-hybridized carbons (Fsp3) is 0. The second kappa shape index (κ2) is 5.80. The topological polar surface area (TPSA) is 37.3 Å². The van der Waals surface area contributed by atoms with Crippen LogP contribution >= 0.6 is 0 Å². The molecule has 1 rings (SSSR count). The van der Waals surface area contributed by atoms with Crippen molar-refractivity contribution in [2.24, 2.45) is 0 Å². The van der Waals surface area contributed by atoms with Crippen LogP contribution in [0.4, 0.5) is 0 Å². The Labute approximate surface area is 87.1 Å². The Morgan fingerprint density at radius 3 is 2.33 bits per heavy atom. The summed E-state index contributed by atoms with van der Waals surface area (Å²) in [5.41, 5.74) is 0.898. The van der Waals surface area contributed by atoms with Crippen LogP contribution < -0.4 is 0 Å². The van der Waals surface area contributed by atoms with Crippen molar-refractivity contribution in [1.29, 1.82) is 0 Å². The van der Waals surface area contributed by atoms with E-state index in [0.29, 0.717) is 0 Å². The first kappa shape index (κ1) is 11.2. The van der Waals surface area contributed by atoms with E-state index >= 15 is 0 Å². The minimum Gasteiger partial charge on any atom is -0.478 e. The van der Waals surface area contributed by atoms with Gasteiger partial charge in [0.25, 0.3) is 0 Å². The van der Waals surface area contributed by atoms with Gasteiger partial charge in [-0.3, -0.25) is 0 Å². The zero-order chi connectivity index (χ0) is 8.10. The number of benzene rings is 1. The van der Waals surface area contributed by atoms with Gasteiger partial charge < -0.3 is 5.11 Å². The summed E-state index contributed by atoms with van der Waals surface area (Å²) in [7, 11) is 0. The molecule has 3 heteroatoms. The molecule has 0 unspecified atom stereocenters. The van der Waals surface area contributed by atoms with Crippen LogP contribution in [0.1, 0.15) is 5.56 Å². The molecule has 1 aromatic carbocycles. The van der Waals surface area contributed by atoms with Gasteiger partial charge in [-0.25, -0.2) is 4.79 Å². The highest BCUT2D eigenvalue weighted by atomic mass is 24.3. The lowest BCUT2D eigenvalue weighted by atomic mass is 10.2. The highest BCUT2D eigenvalue weighted by Gasteiger charge is 1.85. The van der Waals surface area contributed by atoms with Gasteiger partial charge in [-0.05, 0) is 11.6 Å². The number of carboxylic acids is 1. The number of aliphatic carboxylic acids is 1. The SMILES string of the molecule is O=C(O)C=Cc1ccccc1.[Mg]. The van der Waals surface area contributed by atoms with Crippen LogP contribution in [0.3, 0.4) is 0 Å². The van der Waals surface area contributed by atoms with Crippen molar-refractivity contribution in [3.63, 3.8) is 0 Å². The predicted molar refractivity (Wildman–Crippen MR) is 48.9 cm³/mol. The van der Waals surface area contributed by atoms with Gasteiger partial charge in [0.2, 0.25) is 0 Å². The second-order valence-electron chi connectivity index (χ2n) is 2.08. The normalized spacial score (nSPS) is 9.33. The Morgan fingerprint density at radius 1 is 1.25 bits per heavy atom. The average Bonchev–Trinajstić information content (AvgIpc) is 2.03. The first-order valence-corrected chi connectivity index (χ1v) is 3.25. The van der Waals surface area contributed by atoms with E-state index in [1.165, 1.54) is 0 Å². The molecule has 0 spiro atoms. The lowest BCUT2D eigenvalue weighted by Gasteiger charge is -1.87. The van der Waals surface area contributed by atoms with Gasteiger partial charge in [0.1, 0.15) is 0 Å². The minimum atomic E-state index is -0.922. The quantitative estimate of drug-likeness (QED) is 0.541. The Bertz CT molecular complexity index is 267. The lowest BCUT2D eigenvalue weighted by Crippen LogP contribution is -1.85. The van der Waals surface area contributed by atoms with E-state index in [-0.39, 0.29) is 23.1 Å². The third-order valence-corrected chi connectivity index (χ3v) is 1.22.